The lowest BCUT2D eigenvalue weighted by atomic mass is 9.95. The van der Waals surface area contributed by atoms with Crippen molar-refractivity contribution < 1.29 is 24.0 Å². The van der Waals surface area contributed by atoms with E-state index >= 15 is 0 Å². The van der Waals surface area contributed by atoms with Gasteiger partial charge in [-0.05, 0) is 76.9 Å². The molecule has 218 valence electrons. The highest BCUT2D eigenvalue weighted by Crippen LogP contribution is 2.47. The molecule has 0 spiro atoms. The van der Waals surface area contributed by atoms with Crippen LogP contribution in [0.5, 0.6) is 0 Å². The predicted molar refractivity (Wildman–Crippen MR) is 158 cm³/mol. The number of aromatic nitrogens is 3. The van der Waals surface area contributed by atoms with Crippen LogP contribution in [0.4, 0.5) is 4.79 Å². The van der Waals surface area contributed by atoms with Gasteiger partial charge in [-0.15, -0.1) is 5.10 Å². The molecule has 1 unspecified atom stereocenters. The molecular weight excluding hydrogens is 534 g/mol. The van der Waals surface area contributed by atoms with E-state index in [2.05, 4.69) is 27.0 Å². The van der Waals surface area contributed by atoms with Crippen LogP contribution in [0.1, 0.15) is 72.5 Å². The monoisotopic (exact) mass is 569 g/mol. The number of nitrogens with zero attached hydrogens (tertiary/aromatic N) is 3. The zero-order valence-corrected chi connectivity index (χ0v) is 23.9. The third-order valence-electron chi connectivity index (χ3n) is 7.30. The summed E-state index contributed by atoms with van der Waals surface area (Å²) in [6.45, 7) is 5.30. The average Bonchev–Trinajstić information content (AvgIpc) is 3.55. The summed E-state index contributed by atoms with van der Waals surface area (Å²) in [6.07, 6.45) is 2.72. The highest BCUT2D eigenvalue weighted by molar-refractivity contribution is 6.03. The molecule has 0 saturated carbocycles. The summed E-state index contributed by atoms with van der Waals surface area (Å²) in [5.74, 6) is -0.388. The Labute approximate surface area is 244 Å². The summed E-state index contributed by atoms with van der Waals surface area (Å²) in [6, 6.07) is 18.9. The first-order chi connectivity index (χ1) is 20.5. The Morgan fingerprint density at radius 2 is 1.74 bits per heavy atom. The molecule has 10 nitrogen and oxygen atoms in total. The van der Waals surface area contributed by atoms with Gasteiger partial charge >= 0.3 is 6.16 Å². The number of fused-ring (bicyclic) bond motifs is 4. The zero-order chi connectivity index (χ0) is 29.5. The molecule has 4 aromatic rings. The third-order valence-corrected chi connectivity index (χ3v) is 7.30. The molecule has 1 aromatic heterocycles. The first-order valence-corrected chi connectivity index (χ1v) is 14.5. The maximum atomic E-state index is 13.1. The summed E-state index contributed by atoms with van der Waals surface area (Å²) in [5, 5.41) is 13.8. The van der Waals surface area contributed by atoms with Crippen LogP contribution in [-0.2, 0) is 16.0 Å². The molecule has 1 atom stereocenters. The second-order valence-corrected chi connectivity index (χ2v) is 10.3. The third kappa shape index (κ3) is 6.27. The molecule has 0 fully saturated rings. The van der Waals surface area contributed by atoms with Crippen molar-refractivity contribution in [3.63, 3.8) is 0 Å². The smallest absolute Gasteiger partial charge is 0.432 e. The van der Waals surface area contributed by atoms with E-state index in [1.807, 2.05) is 50.2 Å². The topological polar surface area (TPSA) is 124 Å². The highest BCUT2D eigenvalue weighted by Gasteiger charge is 2.33. The van der Waals surface area contributed by atoms with Crippen molar-refractivity contribution in [2.45, 2.75) is 51.9 Å². The lowest BCUT2D eigenvalue weighted by molar-refractivity contribution is -0.121. The summed E-state index contributed by atoms with van der Waals surface area (Å²) < 4.78 is 5.61. The number of aryl methyl sites for hydroxylation is 1. The van der Waals surface area contributed by atoms with Gasteiger partial charge in [0, 0.05) is 31.0 Å². The van der Waals surface area contributed by atoms with Crippen LogP contribution in [0, 0.1) is 0 Å². The van der Waals surface area contributed by atoms with Crippen LogP contribution in [0.3, 0.4) is 0 Å². The quantitative estimate of drug-likeness (QED) is 0.186. The maximum Gasteiger partial charge on any atom is 0.535 e. The van der Waals surface area contributed by atoms with Gasteiger partial charge in [-0.25, -0.2) is 4.79 Å². The molecule has 1 aliphatic rings. The number of carbonyl (C=O) groups is 3. The Morgan fingerprint density at radius 1 is 0.929 bits per heavy atom. The van der Waals surface area contributed by atoms with E-state index in [1.54, 1.807) is 18.2 Å². The molecule has 2 N–H and O–H groups in total. The van der Waals surface area contributed by atoms with Crippen LogP contribution in [0.15, 0.2) is 60.7 Å². The lowest BCUT2D eigenvalue weighted by Crippen LogP contribution is -2.25. The second-order valence-electron chi connectivity index (χ2n) is 10.3. The lowest BCUT2D eigenvalue weighted by Gasteiger charge is -2.15. The van der Waals surface area contributed by atoms with Crippen molar-refractivity contribution in [1.82, 2.24) is 25.8 Å². The number of amides is 2. The fourth-order valence-electron chi connectivity index (χ4n) is 5.28. The minimum Gasteiger partial charge on any atom is -0.432 e. The van der Waals surface area contributed by atoms with Gasteiger partial charge in [0.15, 0.2) is 0 Å². The number of benzene rings is 3. The van der Waals surface area contributed by atoms with Crippen LogP contribution >= 0.6 is 0 Å². The first-order valence-electron chi connectivity index (χ1n) is 14.5. The number of carbonyl (C=O) groups excluding carboxylic acids is 3. The average molecular weight is 570 g/mol. The van der Waals surface area contributed by atoms with Gasteiger partial charge in [0.1, 0.15) is 17.6 Å². The van der Waals surface area contributed by atoms with E-state index in [1.165, 1.54) is 0 Å². The number of ether oxygens (including phenoxy) is 1. The van der Waals surface area contributed by atoms with Gasteiger partial charge in [0.05, 0.1) is 0 Å². The molecule has 3 aromatic carbocycles. The van der Waals surface area contributed by atoms with Gasteiger partial charge in [-0.2, -0.15) is 0 Å². The Bertz CT molecular complexity index is 1600. The van der Waals surface area contributed by atoms with Crippen molar-refractivity contribution >= 4 is 29.0 Å². The Balaban J connectivity index is 1.37. The maximum absolute atomic E-state index is 13.1. The summed E-state index contributed by atoms with van der Waals surface area (Å²) in [7, 11) is 0. The molecule has 0 radical (unpaired) electrons. The molecule has 0 aliphatic heterocycles. The normalized spacial score (nSPS) is 13.3. The van der Waals surface area contributed by atoms with Crippen LogP contribution in [-0.4, -0.2) is 52.8 Å². The van der Waals surface area contributed by atoms with Crippen molar-refractivity contribution in [1.29, 1.82) is 0 Å². The molecule has 1 aliphatic carbocycles. The van der Waals surface area contributed by atoms with Crippen LogP contribution in [0.2, 0.25) is 0 Å². The SMILES string of the molecule is CCCNC(=O)CCCc1ccc2c(c1)C(COC(=O)On1nnc3ccccc31)c1cccc(C(=O)NCCC)c1-2. The van der Waals surface area contributed by atoms with E-state index in [4.69, 9.17) is 9.57 Å². The zero-order valence-electron chi connectivity index (χ0n) is 23.9. The molecule has 0 saturated heterocycles. The Morgan fingerprint density at radius 3 is 2.57 bits per heavy atom. The van der Waals surface area contributed by atoms with Crippen molar-refractivity contribution in [2.24, 2.45) is 0 Å². The van der Waals surface area contributed by atoms with E-state index in [0.29, 0.717) is 42.5 Å². The first kappa shape index (κ1) is 28.8. The van der Waals surface area contributed by atoms with Gasteiger partial charge in [-0.1, -0.05) is 61.2 Å². The molecule has 1 heterocycles. The molecule has 10 heteroatoms. The van der Waals surface area contributed by atoms with E-state index in [0.717, 1.165) is 51.9 Å². The number of hydrogen-bond acceptors (Lipinski definition) is 7. The fourth-order valence-corrected chi connectivity index (χ4v) is 5.28. The second kappa shape index (κ2) is 13.3. The van der Waals surface area contributed by atoms with Gasteiger partial charge in [0.25, 0.3) is 5.91 Å². The van der Waals surface area contributed by atoms with Crippen molar-refractivity contribution in [3.8, 4) is 11.1 Å². The summed E-state index contributed by atoms with van der Waals surface area (Å²) in [5.41, 5.74) is 6.44. The number of rotatable bonds is 12. The van der Waals surface area contributed by atoms with E-state index in [-0.39, 0.29) is 24.3 Å². The molecule has 5 rings (SSSR count). The van der Waals surface area contributed by atoms with E-state index < -0.39 is 6.16 Å². The fraction of sp³-hybridized carbons (Fsp3) is 0.344. The van der Waals surface area contributed by atoms with Gasteiger partial charge < -0.3 is 15.4 Å². The number of hydrogen-bond donors (Lipinski definition) is 2. The van der Waals surface area contributed by atoms with Crippen LogP contribution < -0.4 is 15.5 Å². The summed E-state index contributed by atoms with van der Waals surface area (Å²) >= 11 is 0. The van der Waals surface area contributed by atoms with Gasteiger partial charge in [0.2, 0.25) is 5.91 Å². The van der Waals surface area contributed by atoms with E-state index in [9.17, 15) is 14.4 Å². The molecule has 0 bridgehead atoms. The Hall–Kier alpha value is -4.73. The molecule has 42 heavy (non-hydrogen) atoms. The Kier molecular flexibility index (Phi) is 9.11. The van der Waals surface area contributed by atoms with Crippen molar-refractivity contribution in [3.05, 3.63) is 82.9 Å². The minimum absolute atomic E-state index is 0.00831. The number of para-hydroxylation sites is 1. The number of nitrogens with one attached hydrogen (secondary N) is 2. The molecular formula is C32H35N5O5. The minimum atomic E-state index is -0.910. The van der Waals surface area contributed by atoms with Gasteiger partial charge in [-0.3, -0.25) is 14.4 Å². The van der Waals surface area contributed by atoms with Crippen molar-refractivity contribution in [2.75, 3.05) is 19.7 Å². The molecule has 2 amide bonds. The predicted octanol–water partition coefficient (Wildman–Crippen LogP) is 4.80. The largest absolute Gasteiger partial charge is 0.535 e. The van der Waals surface area contributed by atoms with Crippen LogP contribution in [0.25, 0.3) is 22.2 Å². The standard InChI is InChI=1S/C32H35N5O5/c1-3-17-33-29(38)14-7-9-21-15-16-23-25(19-21)26(22-10-8-11-24(30(22)23)31(39)34-18-4-2)20-41-32(40)42-37-28-13-6-5-12-27(28)35-36-37/h5-6,8,10-13,15-16,19,26H,3-4,7,9,14,17-18,20H2,1-2H3,(H,33,38)(H,34,39). The summed E-state index contributed by atoms with van der Waals surface area (Å²) in [4.78, 5) is 44.3. The highest BCUT2D eigenvalue weighted by atomic mass is 16.8.